The van der Waals surface area contributed by atoms with Gasteiger partial charge in [0.05, 0.1) is 10.6 Å². The van der Waals surface area contributed by atoms with Crippen LogP contribution in [0.3, 0.4) is 0 Å². The number of carbonyl (C=O) groups is 2. The van der Waals surface area contributed by atoms with Crippen LogP contribution in [-0.4, -0.2) is 44.3 Å². The van der Waals surface area contributed by atoms with Gasteiger partial charge in [-0.05, 0) is 59.5 Å². The molecule has 0 saturated heterocycles. The average Bonchev–Trinajstić information content (AvgIpc) is 3.02. The number of rotatable bonds is 13. The molecule has 0 aliphatic rings. The van der Waals surface area contributed by atoms with Gasteiger partial charge in [-0.3, -0.25) is 13.9 Å². The van der Waals surface area contributed by atoms with E-state index in [4.69, 9.17) is 23.2 Å². The van der Waals surface area contributed by atoms with Crippen LogP contribution in [0.1, 0.15) is 25.0 Å². The summed E-state index contributed by atoms with van der Waals surface area (Å²) < 4.78 is 29.0. The maximum Gasteiger partial charge on any atom is 0.264 e. The van der Waals surface area contributed by atoms with E-state index in [-0.39, 0.29) is 35.4 Å². The molecule has 1 atom stereocenters. The Morgan fingerprint density at radius 1 is 0.795 bits per heavy atom. The third-order valence-electron chi connectivity index (χ3n) is 6.98. The Kier molecular flexibility index (Phi) is 11.4. The molecule has 230 valence electrons. The largest absolute Gasteiger partial charge is 0.354 e. The smallest absolute Gasteiger partial charge is 0.264 e. The normalized spacial score (nSPS) is 12.0. The minimum atomic E-state index is -4.19. The van der Waals surface area contributed by atoms with Crippen LogP contribution >= 0.6 is 23.2 Å². The summed E-state index contributed by atoms with van der Waals surface area (Å²) in [5, 5.41) is 3.82. The van der Waals surface area contributed by atoms with Crippen molar-refractivity contribution in [1.82, 2.24) is 10.2 Å². The Hall–Kier alpha value is -3.85. The molecule has 4 aromatic carbocycles. The van der Waals surface area contributed by atoms with Crippen LogP contribution < -0.4 is 9.62 Å². The van der Waals surface area contributed by atoms with Gasteiger partial charge in [0, 0.05) is 29.6 Å². The lowest BCUT2D eigenvalue weighted by molar-refractivity contribution is -0.140. The first-order chi connectivity index (χ1) is 21.1. The molecule has 0 spiro atoms. The fourth-order valence-electron chi connectivity index (χ4n) is 4.64. The number of sulfonamides is 1. The zero-order valence-corrected chi connectivity index (χ0v) is 26.9. The van der Waals surface area contributed by atoms with E-state index in [1.807, 2.05) is 44.2 Å². The number of halogens is 2. The highest BCUT2D eigenvalue weighted by Crippen LogP contribution is 2.27. The van der Waals surface area contributed by atoms with Crippen LogP contribution in [0.2, 0.25) is 10.0 Å². The topological polar surface area (TPSA) is 86.8 Å². The van der Waals surface area contributed by atoms with Gasteiger partial charge in [0.15, 0.2) is 0 Å². The molecule has 0 radical (unpaired) electrons. The summed E-state index contributed by atoms with van der Waals surface area (Å²) >= 11 is 12.6. The van der Waals surface area contributed by atoms with E-state index >= 15 is 0 Å². The van der Waals surface area contributed by atoms with Crippen molar-refractivity contribution in [3.8, 4) is 0 Å². The van der Waals surface area contributed by atoms with E-state index in [0.29, 0.717) is 22.2 Å². The van der Waals surface area contributed by atoms with Crippen LogP contribution in [0.5, 0.6) is 0 Å². The predicted molar refractivity (Wildman–Crippen MR) is 176 cm³/mol. The SMILES string of the molecule is CC(C)CNC(=O)[C@H](Cc1ccccc1)N(Cc1ccccc1Cl)C(=O)CN(c1ccc(Cl)cc1)S(=O)(=O)c1ccccc1. The van der Waals surface area contributed by atoms with Crippen LogP contribution in [0, 0.1) is 5.92 Å². The summed E-state index contributed by atoms with van der Waals surface area (Å²) in [4.78, 5) is 29.7. The molecule has 4 aromatic rings. The molecule has 2 amide bonds. The van der Waals surface area contributed by atoms with Gasteiger partial charge in [-0.15, -0.1) is 0 Å². The highest BCUT2D eigenvalue weighted by molar-refractivity contribution is 7.92. The lowest BCUT2D eigenvalue weighted by Crippen LogP contribution is -2.53. The Morgan fingerprint density at radius 2 is 1.39 bits per heavy atom. The molecule has 0 heterocycles. The molecule has 0 aliphatic carbocycles. The van der Waals surface area contributed by atoms with Gasteiger partial charge in [0.2, 0.25) is 11.8 Å². The molecule has 0 saturated carbocycles. The molecule has 7 nitrogen and oxygen atoms in total. The summed E-state index contributed by atoms with van der Waals surface area (Å²) in [7, 11) is -4.19. The van der Waals surface area contributed by atoms with Gasteiger partial charge < -0.3 is 10.2 Å². The number of hydrogen-bond donors (Lipinski definition) is 1. The number of anilines is 1. The Morgan fingerprint density at radius 3 is 2.00 bits per heavy atom. The zero-order chi connectivity index (χ0) is 31.7. The number of carbonyl (C=O) groups excluding carboxylic acids is 2. The van der Waals surface area contributed by atoms with Crippen LogP contribution in [0.25, 0.3) is 0 Å². The maximum atomic E-state index is 14.4. The van der Waals surface area contributed by atoms with Crippen molar-refractivity contribution < 1.29 is 18.0 Å². The van der Waals surface area contributed by atoms with Crippen molar-refractivity contribution in [2.45, 2.75) is 37.8 Å². The molecular weight excluding hydrogens is 617 g/mol. The molecule has 0 fully saturated rings. The standard InChI is InChI=1S/C34H35Cl2N3O4S/c1-25(2)22-37-34(41)32(21-26-11-5-3-6-12-26)38(23-27-13-9-10-16-31(27)36)33(40)24-39(29-19-17-28(35)18-20-29)44(42,43)30-14-7-4-8-15-30/h3-20,25,32H,21-24H2,1-2H3,(H,37,41)/t32-/m0/s1. The molecule has 44 heavy (non-hydrogen) atoms. The maximum absolute atomic E-state index is 14.4. The molecule has 0 aromatic heterocycles. The van der Waals surface area contributed by atoms with Crippen molar-refractivity contribution in [2.24, 2.45) is 5.92 Å². The van der Waals surface area contributed by atoms with Crippen molar-refractivity contribution >= 4 is 50.7 Å². The summed E-state index contributed by atoms with van der Waals surface area (Å²) in [6.45, 7) is 3.81. The van der Waals surface area contributed by atoms with Gasteiger partial charge in [-0.25, -0.2) is 8.42 Å². The van der Waals surface area contributed by atoms with Gasteiger partial charge in [0.1, 0.15) is 12.6 Å². The van der Waals surface area contributed by atoms with Crippen LogP contribution in [-0.2, 0) is 32.6 Å². The van der Waals surface area contributed by atoms with Gasteiger partial charge in [-0.1, -0.05) is 104 Å². The van der Waals surface area contributed by atoms with E-state index in [9.17, 15) is 18.0 Å². The van der Waals surface area contributed by atoms with E-state index in [2.05, 4.69) is 5.32 Å². The summed E-state index contributed by atoms with van der Waals surface area (Å²) in [5.41, 5.74) is 1.73. The fraction of sp³-hybridized carbons (Fsp3) is 0.235. The minimum absolute atomic E-state index is 0.00898. The molecule has 1 N–H and O–H groups in total. The van der Waals surface area contributed by atoms with Crippen molar-refractivity contribution in [3.63, 3.8) is 0 Å². The Balaban J connectivity index is 1.79. The predicted octanol–water partition coefficient (Wildman–Crippen LogP) is 6.60. The highest BCUT2D eigenvalue weighted by atomic mass is 35.5. The second-order valence-electron chi connectivity index (χ2n) is 10.8. The number of hydrogen-bond acceptors (Lipinski definition) is 4. The first kappa shape index (κ1) is 33.1. The Labute approximate surface area is 269 Å². The zero-order valence-electron chi connectivity index (χ0n) is 24.6. The van der Waals surface area contributed by atoms with Crippen molar-refractivity contribution in [2.75, 3.05) is 17.4 Å². The Bertz CT molecular complexity index is 1650. The van der Waals surface area contributed by atoms with Gasteiger partial charge >= 0.3 is 0 Å². The van der Waals surface area contributed by atoms with Crippen LogP contribution in [0.4, 0.5) is 5.69 Å². The molecule has 0 aliphatic heterocycles. The average molecular weight is 653 g/mol. The van der Waals surface area contributed by atoms with Crippen LogP contribution in [0.15, 0.2) is 114 Å². The summed E-state index contributed by atoms with van der Waals surface area (Å²) in [6.07, 6.45) is 0.216. The molecule has 10 heteroatoms. The monoisotopic (exact) mass is 651 g/mol. The van der Waals surface area contributed by atoms with Crippen molar-refractivity contribution in [1.29, 1.82) is 0 Å². The lowest BCUT2D eigenvalue weighted by Gasteiger charge is -2.34. The highest BCUT2D eigenvalue weighted by Gasteiger charge is 2.34. The van der Waals surface area contributed by atoms with Gasteiger partial charge in [0.25, 0.3) is 10.0 Å². The molecule has 0 unspecified atom stereocenters. The van der Waals surface area contributed by atoms with E-state index in [0.717, 1.165) is 9.87 Å². The second-order valence-corrected chi connectivity index (χ2v) is 13.5. The number of benzene rings is 4. The molecule has 4 rings (SSSR count). The summed E-state index contributed by atoms with van der Waals surface area (Å²) in [6, 6.07) is 29.6. The number of nitrogens with one attached hydrogen (secondary N) is 1. The van der Waals surface area contributed by atoms with E-state index in [1.165, 1.54) is 17.0 Å². The number of amides is 2. The van der Waals surface area contributed by atoms with E-state index in [1.54, 1.807) is 66.7 Å². The fourth-order valence-corrected chi connectivity index (χ4v) is 6.40. The minimum Gasteiger partial charge on any atom is -0.354 e. The van der Waals surface area contributed by atoms with Crippen molar-refractivity contribution in [3.05, 3.63) is 130 Å². The number of nitrogens with zero attached hydrogens (tertiary/aromatic N) is 2. The van der Waals surface area contributed by atoms with E-state index < -0.39 is 28.5 Å². The first-order valence-electron chi connectivity index (χ1n) is 14.2. The quantitative estimate of drug-likeness (QED) is 0.176. The third-order valence-corrected chi connectivity index (χ3v) is 9.39. The molecular formula is C34H35Cl2N3O4S. The second kappa shape index (κ2) is 15.2. The third kappa shape index (κ3) is 8.62. The summed E-state index contributed by atoms with van der Waals surface area (Å²) in [5.74, 6) is -0.729. The molecule has 0 bridgehead atoms. The first-order valence-corrected chi connectivity index (χ1v) is 16.4. The lowest BCUT2D eigenvalue weighted by atomic mass is 10.0. The van der Waals surface area contributed by atoms with Gasteiger partial charge in [-0.2, -0.15) is 0 Å².